The molecule has 0 unspecified atom stereocenters. The number of anilines is 1. The molecule has 0 radical (unpaired) electrons. The molecule has 2 aliphatic rings. The lowest BCUT2D eigenvalue weighted by molar-refractivity contribution is -0.118. The van der Waals surface area contributed by atoms with Gasteiger partial charge in [0, 0.05) is 30.4 Å². The Morgan fingerprint density at radius 1 is 1.14 bits per heavy atom. The molecule has 5 rings (SSSR count). The van der Waals surface area contributed by atoms with Gasteiger partial charge in [-0.25, -0.2) is 4.98 Å². The van der Waals surface area contributed by atoms with Gasteiger partial charge in [-0.15, -0.1) is 11.3 Å². The van der Waals surface area contributed by atoms with Crippen molar-refractivity contribution in [3.63, 3.8) is 0 Å². The maximum atomic E-state index is 13.0. The molecule has 2 heterocycles. The van der Waals surface area contributed by atoms with Gasteiger partial charge < -0.3 is 5.32 Å². The zero-order valence-corrected chi connectivity index (χ0v) is 16.5. The molecule has 1 aromatic heterocycles. The molecule has 0 bridgehead atoms. The van der Waals surface area contributed by atoms with Gasteiger partial charge in [-0.1, -0.05) is 36.4 Å². The fraction of sp³-hybridized carbons (Fsp3) is 0.304. The second kappa shape index (κ2) is 7.15. The number of rotatable bonds is 5. The topological polar surface area (TPSA) is 45.2 Å². The predicted molar refractivity (Wildman–Crippen MR) is 112 cm³/mol. The molecule has 2 aromatic carbocycles. The Balaban J connectivity index is 1.30. The van der Waals surface area contributed by atoms with Gasteiger partial charge in [0.15, 0.2) is 0 Å². The minimum Gasteiger partial charge on any atom is -0.325 e. The molecule has 5 heteroatoms. The first kappa shape index (κ1) is 17.6. The van der Waals surface area contributed by atoms with Crippen molar-refractivity contribution < 1.29 is 4.79 Å². The van der Waals surface area contributed by atoms with Gasteiger partial charge in [0.2, 0.25) is 5.91 Å². The average Bonchev–Trinajstić information content (AvgIpc) is 3.39. The summed E-state index contributed by atoms with van der Waals surface area (Å²) in [6, 6.07) is 16.5. The fourth-order valence-electron chi connectivity index (χ4n) is 4.13. The van der Waals surface area contributed by atoms with E-state index in [1.165, 1.54) is 11.1 Å². The summed E-state index contributed by atoms with van der Waals surface area (Å²) in [6.45, 7) is 2.85. The van der Waals surface area contributed by atoms with Crippen LogP contribution in [0.3, 0.4) is 0 Å². The third-order valence-corrected chi connectivity index (χ3v) is 6.67. The Labute approximate surface area is 169 Å². The van der Waals surface area contributed by atoms with E-state index in [1.807, 2.05) is 35.8 Å². The molecular formula is C23H23N3OS. The monoisotopic (exact) mass is 389 g/mol. The highest BCUT2D eigenvalue weighted by molar-refractivity contribution is 7.09. The molecule has 1 N–H and O–H groups in total. The zero-order chi connectivity index (χ0) is 19.0. The summed E-state index contributed by atoms with van der Waals surface area (Å²) in [7, 11) is 0. The van der Waals surface area contributed by atoms with Gasteiger partial charge >= 0.3 is 0 Å². The van der Waals surface area contributed by atoms with E-state index in [0.717, 1.165) is 55.2 Å². The Kier molecular flexibility index (Phi) is 4.49. The maximum absolute atomic E-state index is 13.0. The van der Waals surface area contributed by atoms with Crippen LogP contribution in [0.4, 0.5) is 5.69 Å². The summed E-state index contributed by atoms with van der Waals surface area (Å²) in [5, 5.41) is 6.37. The van der Waals surface area contributed by atoms with Crippen LogP contribution in [0.15, 0.2) is 60.1 Å². The van der Waals surface area contributed by atoms with Crippen LogP contribution in [0.1, 0.15) is 34.5 Å². The number of amides is 1. The zero-order valence-electron chi connectivity index (χ0n) is 15.7. The minimum absolute atomic E-state index is 0.120. The van der Waals surface area contributed by atoms with Gasteiger partial charge in [-0.2, -0.15) is 0 Å². The SMILES string of the molecule is O=C(Nc1ccc2c(c1)CN(Cc1nccs1)CC2)C1(c2ccccc2)CC1. The lowest BCUT2D eigenvalue weighted by Crippen LogP contribution is -2.30. The molecule has 28 heavy (non-hydrogen) atoms. The Bertz CT molecular complexity index is 980. The van der Waals surface area contributed by atoms with Crippen molar-refractivity contribution in [2.24, 2.45) is 0 Å². The summed E-state index contributed by atoms with van der Waals surface area (Å²) in [5.41, 5.74) is 4.39. The normalized spacial score (nSPS) is 17.7. The molecule has 1 fully saturated rings. The van der Waals surface area contributed by atoms with Crippen LogP contribution in [0.5, 0.6) is 0 Å². The number of benzene rings is 2. The molecule has 4 nitrogen and oxygen atoms in total. The van der Waals surface area contributed by atoms with Gasteiger partial charge in [-0.3, -0.25) is 9.69 Å². The molecule has 3 aromatic rings. The highest BCUT2D eigenvalue weighted by Crippen LogP contribution is 2.49. The third kappa shape index (κ3) is 3.36. The number of hydrogen-bond donors (Lipinski definition) is 1. The van der Waals surface area contributed by atoms with E-state index in [4.69, 9.17) is 0 Å². The standard InChI is InChI=1S/C23H23N3OS/c27-22(23(9-10-23)19-4-2-1-3-5-19)25-20-7-6-17-8-12-26(15-18(17)14-20)16-21-24-11-13-28-21/h1-7,11,13-14H,8-10,12,15-16H2,(H,25,27). The van der Waals surface area contributed by atoms with Gasteiger partial charge in [0.25, 0.3) is 0 Å². The molecular weight excluding hydrogens is 366 g/mol. The number of hydrogen-bond acceptors (Lipinski definition) is 4. The molecule has 0 saturated heterocycles. The summed E-state index contributed by atoms with van der Waals surface area (Å²) in [4.78, 5) is 19.8. The quantitative estimate of drug-likeness (QED) is 0.705. The summed E-state index contributed by atoms with van der Waals surface area (Å²) < 4.78 is 0. The van der Waals surface area contributed by atoms with E-state index in [9.17, 15) is 4.79 Å². The van der Waals surface area contributed by atoms with Crippen LogP contribution in [0.25, 0.3) is 0 Å². The molecule has 0 atom stereocenters. The average molecular weight is 390 g/mol. The van der Waals surface area contributed by atoms with Crippen LogP contribution in [0.2, 0.25) is 0 Å². The Hall–Kier alpha value is -2.50. The summed E-state index contributed by atoms with van der Waals surface area (Å²) in [5.74, 6) is 0.120. The van der Waals surface area contributed by atoms with Crippen molar-refractivity contribution in [2.75, 3.05) is 11.9 Å². The van der Waals surface area contributed by atoms with E-state index in [2.05, 4.69) is 39.5 Å². The minimum atomic E-state index is -0.339. The first-order valence-electron chi connectivity index (χ1n) is 9.82. The number of carbonyl (C=O) groups excluding carboxylic acids is 1. The van der Waals surface area contributed by atoms with Crippen molar-refractivity contribution in [1.29, 1.82) is 0 Å². The van der Waals surface area contributed by atoms with Crippen LogP contribution in [-0.4, -0.2) is 22.3 Å². The maximum Gasteiger partial charge on any atom is 0.235 e. The lowest BCUT2D eigenvalue weighted by atomic mass is 9.94. The van der Waals surface area contributed by atoms with Crippen LogP contribution >= 0.6 is 11.3 Å². The first-order valence-corrected chi connectivity index (χ1v) is 10.7. The summed E-state index contributed by atoms with van der Waals surface area (Å²) in [6.07, 6.45) is 4.76. The summed E-state index contributed by atoms with van der Waals surface area (Å²) >= 11 is 1.71. The van der Waals surface area contributed by atoms with Crippen molar-refractivity contribution in [3.05, 3.63) is 81.8 Å². The number of carbonyl (C=O) groups is 1. The van der Waals surface area contributed by atoms with Gasteiger partial charge in [0.05, 0.1) is 12.0 Å². The molecule has 142 valence electrons. The highest BCUT2D eigenvalue weighted by atomic mass is 32.1. The number of aromatic nitrogens is 1. The molecule has 1 amide bonds. The fourth-order valence-corrected chi connectivity index (χ4v) is 4.79. The molecule has 1 saturated carbocycles. The third-order valence-electron chi connectivity index (χ3n) is 5.91. The van der Waals surface area contributed by atoms with Crippen LogP contribution in [0, 0.1) is 0 Å². The van der Waals surface area contributed by atoms with Crippen molar-refractivity contribution in [3.8, 4) is 0 Å². The van der Waals surface area contributed by atoms with Gasteiger partial charge in [-0.05, 0) is 48.1 Å². The largest absolute Gasteiger partial charge is 0.325 e. The Morgan fingerprint density at radius 2 is 2.00 bits per heavy atom. The second-order valence-electron chi connectivity index (χ2n) is 7.77. The molecule has 1 aliphatic carbocycles. The van der Waals surface area contributed by atoms with Gasteiger partial charge in [0.1, 0.15) is 5.01 Å². The van der Waals surface area contributed by atoms with Crippen molar-refractivity contribution in [1.82, 2.24) is 9.88 Å². The Morgan fingerprint density at radius 3 is 2.75 bits per heavy atom. The van der Waals surface area contributed by atoms with Crippen LogP contribution < -0.4 is 5.32 Å². The lowest BCUT2D eigenvalue weighted by Gasteiger charge is -2.28. The van der Waals surface area contributed by atoms with E-state index in [-0.39, 0.29) is 11.3 Å². The predicted octanol–water partition coefficient (Wildman–Crippen LogP) is 4.37. The van der Waals surface area contributed by atoms with Crippen molar-refractivity contribution in [2.45, 2.75) is 37.8 Å². The van der Waals surface area contributed by atoms with E-state index < -0.39 is 0 Å². The number of nitrogens with zero attached hydrogens (tertiary/aromatic N) is 2. The van der Waals surface area contributed by atoms with E-state index in [0.29, 0.717) is 0 Å². The van der Waals surface area contributed by atoms with E-state index >= 15 is 0 Å². The van der Waals surface area contributed by atoms with E-state index in [1.54, 1.807) is 11.3 Å². The number of thiazole rings is 1. The second-order valence-corrected chi connectivity index (χ2v) is 8.75. The molecule has 1 aliphatic heterocycles. The number of nitrogens with one attached hydrogen (secondary N) is 1. The first-order chi connectivity index (χ1) is 13.7. The van der Waals surface area contributed by atoms with Crippen molar-refractivity contribution >= 4 is 22.9 Å². The smallest absolute Gasteiger partial charge is 0.235 e. The highest BCUT2D eigenvalue weighted by Gasteiger charge is 2.51. The van der Waals surface area contributed by atoms with Crippen LogP contribution in [-0.2, 0) is 29.7 Å². The number of fused-ring (bicyclic) bond motifs is 1. The molecule has 0 spiro atoms.